The van der Waals surface area contributed by atoms with Gasteiger partial charge in [-0.25, -0.2) is 8.78 Å². The fourth-order valence-electron chi connectivity index (χ4n) is 2.08. The minimum atomic E-state index is -1.04. The zero-order valence-corrected chi connectivity index (χ0v) is 11.8. The number of carbonyl (C=O) groups excluding carboxylic acids is 2. The average Bonchev–Trinajstić information content (AvgIpc) is 2.41. The molecule has 110 valence electrons. The number of hydrogen-bond donors (Lipinski definition) is 0. The third kappa shape index (κ3) is 3.40. The summed E-state index contributed by atoms with van der Waals surface area (Å²) in [6.45, 7) is 4.82. The zero-order chi connectivity index (χ0) is 15.3. The summed E-state index contributed by atoms with van der Waals surface area (Å²) in [6, 6.07) is 3.44. The Morgan fingerprint density at radius 2 is 1.75 bits per heavy atom. The first-order valence-electron chi connectivity index (χ1n) is 6.58. The molecule has 2 atom stereocenters. The predicted molar refractivity (Wildman–Crippen MR) is 70.2 cm³/mol. The molecule has 0 N–H and O–H groups in total. The second-order valence-corrected chi connectivity index (χ2v) is 4.47. The summed E-state index contributed by atoms with van der Waals surface area (Å²) < 4.78 is 32.3. The van der Waals surface area contributed by atoms with Crippen molar-refractivity contribution < 1.29 is 23.1 Å². The molecule has 0 aromatic heterocycles. The lowest BCUT2D eigenvalue weighted by molar-refractivity contribution is -0.151. The smallest absolute Gasteiger partial charge is 0.316 e. The van der Waals surface area contributed by atoms with Gasteiger partial charge < -0.3 is 4.74 Å². The summed E-state index contributed by atoms with van der Waals surface area (Å²) in [7, 11) is 0. The quantitative estimate of drug-likeness (QED) is 0.595. The van der Waals surface area contributed by atoms with Crippen LogP contribution in [0.25, 0.3) is 0 Å². The van der Waals surface area contributed by atoms with Gasteiger partial charge >= 0.3 is 5.97 Å². The van der Waals surface area contributed by atoms with E-state index in [-0.39, 0.29) is 18.6 Å². The highest BCUT2D eigenvalue weighted by Crippen LogP contribution is 2.29. The van der Waals surface area contributed by atoms with Crippen molar-refractivity contribution in [2.24, 2.45) is 5.92 Å². The number of Topliss-reactive ketones (excluding diaryl/α,β-unsaturated/α-hetero) is 1. The summed E-state index contributed by atoms with van der Waals surface area (Å²) in [6.07, 6.45) is 0.209. The topological polar surface area (TPSA) is 43.4 Å². The molecule has 0 aliphatic heterocycles. The summed E-state index contributed by atoms with van der Waals surface area (Å²) in [5.41, 5.74) is -0.281. The molecule has 0 saturated carbocycles. The number of rotatable bonds is 6. The van der Waals surface area contributed by atoms with Gasteiger partial charge in [-0.05, 0) is 32.4 Å². The Balaban J connectivity index is 3.07. The van der Waals surface area contributed by atoms with Crippen LogP contribution in [0.15, 0.2) is 18.2 Å². The summed E-state index contributed by atoms with van der Waals surface area (Å²) in [5, 5.41) is 0. The van der Waals surface area contributed by atoms with Gasteiger partial charge in [-0.15, -0.1) is 0 Å². The molecule has 3 nitrogen and oxygen atoms in total. The SMILES string of the molecule is CCOC(=O)[C@H](C)C(=O)[C@H](CC)c1c(F)cccc1F. The number of carbonyl (C=O) groups is 2. The first kappa shape index (κ1) is 16.3. The van der Waals surface area contributed by atoms with Crippen LogP contribution in [0, 0.1) is 17.6 Å². The number of ketones is 1. The van der Waals surface area contributed by atoms with Gasteiger partial charge in [-0.1, -0.05) is 13.0 Å². The van der Waals surface area contributed by atoms with Crippen LogP contribution in [0.2, 0.25) is 0 Å². The first-order valence-corrected chi connectivity index (χ1v) is 6.58. The maximum absolute atomic E-state index is 13.8. The number of ether oxygens (including phenoxy) is 1. The Hall–Kier alpha value is -1.78. The standard InChI is InChI=1S/C15H18F2O3/c1-4-10(13-11(16)7-6-8-12(13)17)14(18)9(3)15(19)20-5-2/h6-10H,4-5H2,1-3H3/t9-,10-/m1/s1. The number of benzene rings is 1. The summed E-state index contributed by atoms with van der Waals surface area (Å²) >= 11 is 0. The largest absolute Gasteiger partial charge is 0.465 e. The molecule has 0 unspecified atom stereocenters. The van der Waals surface area contributed by atoms with Crippen LogP contribution in [0.1, 0.15) is 38.7 Å². The van der Waals surface area contributed by atoms with E-state index in [4.69, 9.17) is 4.74 Å². The molecule has 0 aliphatic rings. The minimum absolute atomic E-state index is 0.154. The van der Waals surface area contributed by atoms with E-state index in [2.05, 4.69) is 0 Å². The molecular weight excluding hydrogens is 266 g/mol. The molecule has 0 saturated heterocycles. The lowest BCUT2D eigenvalue weighted by Crippen LogP contribution is -2.29. The van der Waals surface area contributed by atoms with E-state index >= 15 is 0 Å². The Labute approximate surface area is 116 Å². The van der Waals surface area contributed by atoms with E-state index in [1.54, 1.807) is 13.8 Å². The molecule has 1 aromatic rings. The minimum Gasteiger partial charge on any atom is -0.465 e. The van der Waals surface area contributed by atoms with Crippen molar-refractivity contribution in [2.75, 3.05) is 6.61 Å². The van der Waals surface area contributed by atoms with Gasteiger partial charge in [0.2, 0.25) is 0 Å². The normalized spacial score (nSPS) is 13.7. The highest BCUT2D eigenvalue weighted by atomic mass is 19.1. The molecule has 0 fully saturated rings. The summed E-state index contributed by atoms with van der Waals surface area (Å²) in [4.78, 5) is 23.8. The zero-order valence-electron chi connectivity index (χ0n) is 11.8. The highest BCUT2D eigenvalue weighted by Gasteiger charge is 2.32. The van der Waals surface area contributed by atoms with Crippen LogP contribution < -0.4 is 0 Å². The number of halogens is 2. The predicted octanol–water partition coefficient (Wildman–Crippen LogP) is 3.23. The van der Waals surface area contributed by atoms with Gasteiger partial charge in [0.25, 0.3) is 0 Å². The Bertz CT molecular complexity index is 480. The highest BCUT2D eigenvalue weighted by molar-refractivity contribution is 6.01. The van der Waals surface area contributed by atoms with Crippen molar-refractivity contribution >= 4 is 11.8 Å². The molecule has 0 radical (unpaired) electrons. The van der Waals surface area contributed by atoms with Crippen LogP contribution in [0.3, 0.4) is 0 Å². The maximum atomic E-state index is 13.8. The van der Waals surface area contributed by atoms with Gasteiger partial charge in [0.15, 0.2) is 5.78 Å². The molecule has 0 aliphatic carbocycles. The van der Waals surface area contributed by atoms with Crippen molar-refractivity contribution in [3.05, 3.63) is 35.4 Å². The van der Waals surface area contributed by atoms with Crippen LogP contribution in [0.4, 0.5) is 8.78 Å². The van der Waals surface area contributed by atoms with Crippen LogP contribution >= 0.6 is 0 Å². The molecule has 0 bridgehead atoms. The van der Waals surface area contributed by atoms with Crippen molar-refractivity contribution in [2.45, 2.75) is 33.1 Å². The second-order valence-electron chi connectivity index (χ2n) is 4.47. The third-order valence-corrected chi connectivity index (χ3v) is 3.17. The lowest BCUT2D eigenvalue weighted by Gasteiger charge is -2.19. The van der Waals surface area contributed by atoms with Gasteiger partial charge in [0.05, 0.1) is 6.61 Å². The number of hydrogen-bond acceptors (Lipinski definition) is 3. The second kappa shape index (κ2) is 7.12. The molecule has 20 heavy (non-hydrogen) atoms. The maximum Gasteiger partial charge on any atom is 0.316 e. The van der Waals surface area contributed by atoms with Gasteiger partial charge in [-0.3, -0.25) is 9.59 Å². The van der Waals surface area contributed by atoms with E-state index in [1.165, 1.54) is 13.0 Å². The van der Waals surface area contributed by atoms with Crippen molar-refractivity contribution in [3.63, 3.8) is 0 Å². The lowest BCUT2D eigenvalue weighted by atomic mass is 9.85. The Morgan fingerprint density at radius 3 is 2.20 bits per heavy atom. The van der Waals surface area contributed by atoms with Crippen molar-refractivity contribution in [1.29, 1.82) is 0 Å². The molecule has 1 rings (SSSR count). The molecule has 0 spiro atoms. The monoisotopic (exact) mass is 284 g/mol. The van der Waals surface area contributed by atoms with Crippen molar-refractivity contribution in [3.8, 4) is 0 Å². The number of esters is 1. The average molecular weight is 284 g/mol. The van der Waals surface area contributed by atoms with E-state index < -0.39 is 35.2 Å². The molecule has 5 heteroatoms. The van der Waals surface area contributed by atoms with Crippen LogP contribution in [0.5, 0.6) is 0 Å². The van der Waals surface area contributed by atoms with E-state index in [0.29, 0.717) is 0 Å². The Kier molecular flexibility index (Phi) is 5.80. The molecule has 0 amide bonds. The van der Waals surface area contributed by atoms with E-state index in [0.717, 1.165) is 12.1 Å². The fraction of sp³-hybridized carbons (Fsp3) is 0.467. The van der Waals surface area contributed by atoms with E-state index in [9.17, 15) is 18.4 Å². The van der Waals surface area contributed by atoms with Crippen LogP contribution in [-0.2, 0) is 14.3 Å². The van der Waals surface area contributed by atoms with Crippen molar-refractivity contribution in [1.82, 2.24) is 0 Å². The Morgan fingerprint density at radius 1 is 1.20 bits per heavy atom. The first-order chi connectivity index (χ1) is 9.43. The third-order valence-electron chi connectivity index (χ3n) is 3.17. The van der Waals surface area contributed by atoms with Gasteiger partial charge in [0, 0.05) is 11.5 Å². The van der Waals surface area contributed by atoms with Gasteiger partial charge in [0.1, 0.15) is 17.6 Å². The molecule has 0 heterocycles. The van der Waals surface area contributed by atoms with E-state index in [1.807, 2.05) is 0 Å². The summed E-state index contributed by atoms with van der Waals surface area (Å²) in [5.74, 6) is -4.79. The van der Waals surface area contributed by atoms with Crippen LogP contribution in [-0.4, -0.2) is 18.4 Å². The molecule has 1 aromatic carbocycles. The van der Waals surface area contributed by atoms with Gasteiger partial charge in [-0.2, -0.15) is 0 Å². The molecular formula is C15H18F2O3. The fourth-order valence-corrected chi connectivity index (χ4v) is 2.08.